The Labute approximate surface area is 146 Å². The van der Waals surface area contributed by atoms with E-state index in [0.717, 1.165) is 0 Å². The number of rotatable bonds is 13. The Hall–Kier alpha value is -0.960. The molecule has 148 valence electrons. The van der Waals surface area contributed by atoms with Crippen LogP contribution in [0, 0.1) is 0 Å². The van der Waals surface area contributed by atoms with Gasteiger partial charge in [-0.1, -0.05) is 0 Å². The van der Waals surface area contributed by atoms with Crippen molar-refractivity contribution in [1.82, 2.24) is 5.32 Å². The van der Waals surface area contributed by atoms with Gasteiger partial charge in [-0.05, 0) is 27.7 Å². The van der Waals surface area contributed by atoms with Crippen molar-refractivity contribution in [3.63, 3.8) is 0 Å². The Bertz CT molecular complexity index is 479. The first-order valence-corrected chi connectivity index (χ1v) is 10.9. The van der Waals surface area contributed by atoms with Crippen molar-refractivity contribution in [3.8, 4) is 0 Å². The fraction of sp³-hybridized carbons (Fsp3) is 0.833. The minimum atomic E-state index is -4.13. The summed E-state index contributed by atoms with van der Waals surface area (Å²) in [5, 5.41) is 2.19. The Kier molecular flexibility index (Phi) is 11.2. The van der Waals surface area contributed by atoms with E-state index in [4.69, 9.17) is 23.8 Å². The Balaban J connectivity index is 5.75. The van der Waals surface area contributed by atoms with Crippen LogP contribution in [0.2, 0.25) is 0 Å². The summed E-state index contributed by atoms with van der Waals surface area (Å²) < 4.78 is 51.1. The minimum absolute atomic E-state index is 0.0420. The van der Waals surface area contributed by atoms with E-state index in [1.165, 1.54) is 0 Å². The second-order valence-corrected chi connectivity index (χ2v) is 8.93. The van der Waals surface area contributed by atoms with Crippen LogP contribution in [0.5, 0.6) is 0 Å². The lowest BCUT2D eigenvalue weighted by Crippen LogP contribution is -2.39. The van der Waals surface area contributed by atoms with Crippen molar-refractivity contribution in [2.24, 2.45) is 5.73 Å². The van der Waals surface area contributed by atoms with Crippen LogP contribution in [-0.4, -0.2) is 50.6 Å². The highest BCUT2D eigenvalue weighted by Crippen LogP contribution is 2.69. The van der Waals surface area contributed by atoms with Crippen LogP contribution < -0.4 is 11.1 Å². The largest absolute Gasteiger partial charge is 0.440 e. The summed E-state index contributed by atoms with van der Waals surface area (Å²) in [6.45, 7) is 5.25. The lowest BCUT2D eigenvalue weighted by atomic mass is 10.6. The van der Waals surface area contributed by atoms with Crippen molar-refractivity contribution in [3.05, 3.63) is 0 Å². The summed E-state index contributed by atoms with van der Waals surface area (Å²) in [7, 11) is -8.26. The average molecular weight is 404 g/mol. The first-order valence-electron chi connectivity index (χ1n) is 7.68. The van der Waals surface area contributed by atoms with Gasteiger partial charge in [-0.2, -0.15) is 0 Å². The molecule has 0 aromatic rings. The number of carbonyl (C=O) groups excluding carboxylic acids is 2. The smallest absolute Gasteiger partial charge is 0.405 e. The molecule has 25 heavy (non-hydrogen) atoms. The van der Waals surface area contributed by atoms with Gasteiger partial charge in [-0.25, -0.2) is 4.79 Å². The molecule has 0 heterocycles. The number of primary amides is 1. The molecule has 0 aliphatic heterocycles. The molecule has 2 amide bonds. The number of ether oxygens (including phenoxy) is 1. The molecule has 0 aromatic heterocycles. The number of hydrogen-bond donors (Lipinski definition) is 2. The second kappa shape index (κ2) is 11.6. The highest BCUT2D eigenvalue weighted by molar-refractivity contribution is 7.72. The van der Waals surface area contributed by atoms with Crippen LogP contribution in [0.25, 0.3) is 0 Å². The van der Waals surface area contributed by atoms with E-state index in [0.29, 0.717) is 0 Å². The fourth-order valence-corrected chi connectivity index (χ4v) is 6.67. The monoisotopic (exact) mass is 404 g/mol. The SMILES string of the molecule is CCOP(=O)(OCC)C(NC(=O)COC(N)=O)P(=O)(OCC)OCC. The van der Waals surface area contributed by atoms with Gasteiger partial charge in [0, 0.05) is 0 Å². The zero-order valence-electron chi connectivity index (χ0n) is 14.8. The van der Waals surface area contributed by atoms with Crippen molar-refractivity contribution in [1.29, 1.82) is 0 Å². The summed E-state index contributed by atoms with van der Waals surface area (Å²) in [6, 6.07) is 0. The molecule has 0 spiro atoms. The third-order valence-electron chi connectivity index (χ3n) is 2.47. The van der Waals surface area contributed by atoms with E-state index in [1.807, 2.05) is 0 Å². The molecule has 11 nitrogen and oxygen atoms in total. The Morgan fingerprint density at radius 2 is 1.24 bits per heavy atom. The van der Waals surface area contributed by atoms with Gasteiger partial charge in [0.15, 0.2) is 6.61 Å². The van der Waals surface area contributed by atoms with Gasteiger partial charge < -0.3 is 33.9 Å². The van der Waals surface area contributed by atoms with Gasteiger partial charge in [0.25, 0.3) is 5.91 Å². The maximum absolute atomic E-state index is 13.1. The summed E-state index contributed by atoms with van der Waals surface area (Å²) in [4.78, 5) is 22.6. The Morgan fingerprint density at radius 1 is 0.880 bits per heavy atom. The van der Waals surface area contributed by atoms with Crippen LogP contribution in [-0.2, 0) is 36.8 Å². The molecule has 0 radical (unpaired) electrons. The van der Waals surface area contributed by atoms with Gasteiger partial charge in [-0.3, -0.25) is 13.9 Å². The van der Waals surface area contributed by atoms with Crippen LogP contribution in [0.1, 0.15) is 27.7 Å². The van der Waals surface area contributed by atoms with Gasteiger partial charge in [0.05, 0.1) is 26.4 Å². The third kappa shape index (κ3) is 7.85. The molecule has 0 aliphatic carbocycles. The molecule has 0 atom stereocenters. The molecule has 0 unspecified atom stereocenters. The molecule has 0 aromatic carbocycles. The normalized spacial score (nSPS) is 12.2. The average Bonchev–Trinajstić information content (AvgIpc) is 2.51. The lowest BCUT2D eigenvalue weighted by molar-refractivity contribution is -0.124. The minimum Gasteiger partial charge on any atom is -0.440 e. The molecular weight excluding hydrogens is 378 g/mol. The summed E-state index contributed by atoms with van der Waals surface area (Å²) in [5.74, 6) is -0.928. The summed E-state index contributed by atoms with van der Waals surface area (Å²) >= 11 is 0. The van der Waals surface area contributed by atoms with Crippen LogP contribution in [0.4, 0.5) is 4.79 Å². The van der Waals surface area contributed by atoms with E-state index in [9.17, 15) is 18.7 Å². The lowest BCUT2D eigenvalue weighted by Gasteiger charge is -2.31. The number of nitrogens with one attached hydrogen (secondary N) is 1. The van der Waals surface area contributed by atoms with Gasteiger partial charge in [0.2, 0.25) is 5.52 Å². The predicted octanol–water partition coefficient (Wildman–Crippen LogP) is 2.01. The van der Waals surface area contributed by atoms with Crippen LogP contribution >= 0.6 is 15.2 Å². The maximum Gasteiger partial charge on any atom is 0.405 e. The first-order chi connectivity index (χ1) is 11.7. The van der Waals surface area contributed by atoms with Crippen molar-refractivity contribution >= 4 is 27.2 Å². The molecule has 0 aliphatic rings. The molecule has 0 bridgehead atoms. The Morgan fingerprint density at radius 3 is 1.52 bits per heavy atom. The molecule has 0 saturated carbocycles. The molecule has 13 heteroatoms. The van der Waals surface area contributed by atoms with Crippen LogP contribution in [0.15, 0.2) is 0 Å². The number of carbonyl (C=O) groups is 2. The highest BCUT2D eigenvalue weighted by Gasteiger charge is 2.52. The zero-order chi connectivity index (χ0) is 19.5. The predicted molar refractivity (Wildman–Crippen MR) is 89.2 cm³/mol. The highest BCUT2D eigenvalue weighted by atomic mass is 31.2. The van der Waals surface area contributed by atoms with Crippen molar-refractivity contribution in [2.45, 2.75) is 33.2 Å². The molecule has 0 fully saturated rings. The molecular formula is C12H26N2O9P2. The second-order valence-electron chi connectivity index (χ2n) is 4.30. The summed E-state index contributed by atoms with van der Waals surface area (Å²) in [5.41, 5.74) is 3.05. The number of amides is 2. The number of hydrogen-bond acceptors (Lipinski definition) is 9. The van der Waals surface area contributed by atoms with E-state index < -0.39 is 39.3 Å². The van der Waals surface area contributed by atoms with Gasteiger partial charge in [-0.15, -0.1) is 0 Å². The van der Waals surface area contributed by atoms with E-state index in [-0.39, 0.29) is 26.4 Å². The maximum atomic E-state index is 13.1. The van der Waals surface area contributed by atoms with Crippen LogP contribution in [0.3, 0.4) is 0 Å². The van der Waals surface area contributed by atoms with E-state index in [1.54, 1.807) is 27.7 Å². The standard InChI is InChI=1S/C12H26N2O9P2/c1-5-20-24(17,21-6-2)12(14-10(15)9-19-11(13)16)25(18,22-7-3)23-8-4/h12H,5-9H2,1-4H3,(H2,13,16)(H,14,15). The van der Waals surface area contributed by atoms with E-state index in [2.05, 4.69) is 10.1 Å². The summed E-state index contributed by atoms with van der Waals surface area (Å²) in [6.07, 6.45) is -1.18. The molecule has 0 rings (SSSR count). The zero-order valence-corrected chi connectivity index (χ0v) is 16.5. The van der Waals surface area contributed by atoms with Crippen molar-refractivity contribution in [2.75, 3.05) is 33.0 Å². The quantitative estimate of drug-likeness (QED) is 0.439. The number of nitrogens with two attached hydrogens (primary N) is 1. The fourth-order valence-electron chi connectivity index (χ4n) is 1.73. The first kappa shape index (κ1) is 24.0. The van der Waals surface area contributed by atoms with E-state index >= 15 is 0 Å². The molecule has 3 N–H and O–H groups in total. The topological polar surface area (TPSA) is 152 Å². The molecule has 0 saturated heterocycles. The van der Waals surface area contributed by atoms with Gasteiger partial charge in [0.1, 0.15) is 0 Å². The third-order valence-corrected chi connectivity index (χ3v) is 8.10. The van der Waals surface area contributed by atoms with Gasteiger partial charge >= 0.3 is 21.3 Å². The van der Waals surface area contributed by atoms with Crippen molar-refractivity contribution < 1.29 is 41.6 Å².